The molecule has 2 fully saturated rings. The van der Waals surface area contributed by atoms with Gasteiger partial charge in [0.2, 0.25) is 0 Å². The number of fused-ring (bicyclic) bond motifs is 1. The number of nitrogens with zero attached hydrogens (tertiary/aromatic N) is 5. The minimum Gasteiger partial charge on any atom is -0.467 e. The zero-order chi connectivity index (χ0) is 22.2. The number of hydrogen-bond acceptors (Lipinski definition) is 8. The number of rotatable bonds is 4. The van der Waals surface area contributed by atoms with Crippen LogP contribution >= 0.6 is 24.0 Å². The van der Waals surface area contributed by atoms with Crippen LogP contribution in [0.1, 0.15) is 11.3 Å². The van der Waals surface area contributed by atoms with Crippen molar-refractivity contribution in [3.8, 4) is 0 Å². The largest absolute Gasteiger partial charge is 0.467 e. The number of likely N-dealkylation sites (N-methyl/N-ethyl adjacent to an activating group) is 1. The Morgan fingerprint density at radius 1 is 1.16 bits per heavy atom. The average molecular weight is 468 g/mol. The van der Waals surface area contributed by atoms with Gasteiger partial charge in [0, 0.05) is 32.4 Å². The summed E-state index contributed by atoms with van der Waals surface area (Å²) in [6.07, 6.45) is 4.90. The van der Waals surface area contributed by atoms with Gasteiger partial charge >= 0.3 is 0 Å². The Bertz CT molecular complexity index is 1280. The molecule has 0 unspecified atom stereocenters. The molecule has 32 heavy (non-hydrogen) atoms. The second-order valence-electron chi connectivity index (χ2n) is 7.72. The fourth-order valence-corrected chi connectivity index (χ4v) is 5.04. The summed E-state index contributed by atoms with van der Waals surface area (Å²) < 4.78 is 7.31. The highest BCUT2D eigenvalue weighted by Crippen LogP contribution is 2.34. The minimum absolute atomic E-state index is 0.208. The first-order chi connectivity index (χ1) is 15.5. The molecule has 10 heteroatoms. The molecule has 3 aromatic rings. The summed E-state index contributed by atoms with van der Waals surface area (Å²) >= 11 is 6.63. The third kappa shape index (κ3) is 3.85. The van der Waals surface area contributed by atoms with E-state index in [1.807, 2.05) is 12.1 Å². The number of pyridine rings is 1. The predicted molar refractivity (Wildman–Crippen MR) is 129 cm³/mol. The van der Waals surface area contributed by atoms with Gasteiger partial charge in [0.15, 0.2) is 0 Å². The molecule has 2 aliphatic rings. The van der Waals surface area contributed by atoms with Crippen LogP contribution in [0.4, 0.5) is 5.82 Å². The molecular weight excluding hydrogens is 446 g/mol. The first kappa shape index (κ1) is 20.9. The van der Waals surface area contributed by atoms with Crippen LogP contribution in [0.15, 0.2) is 56.9 Å². The Morgan fingerprint density at radius 2 is 1.97 bits per heavy atom. The summed E-state index contributed by atoms with van der Waals surface area (Å²) in [5.74, 6) is 1.01. The van der Waals surface area contributed by atoms with E-state index in [-0.39, 0.29) is 18.0 Å². The number of anilines is 1. The molecule has 0 N–H and O–H groups in total. The van der Waals surface area contributed by atoms with Gasteiger partial charge in [-0.05, 0) is 37.4 Å². The number of piperazine rings is 1. The van der Waals surface area contributed by atoms with E-state index in [9.17, 15) is 9.59 Å². The monoisotopic (exact) mass is 467 g/mol. The Kier molecular flexibility index (Phi) is 5.58. The van der Waals surface area contributed by atoms with E-state index in [1.54, 1.807) is 36.7 Å². The van der Waals surface area contributed by atoms with E-state index in [0.717, 1.165) is 26.2 Å². The van der Waals surface area contributed by atoms with E-state index in [0.29, 0.717) is 32.0 Å². The van der Waals surface area contributed by atoms with Crippen LogP contribution in [0, 0.1) is 0 Å². The Hall–Kier alpha value is -2.95. The third-order valence-corrected chi connectivity index (χ3v) is 6.97. The molecule has 1 amide bonds. The van der Waals surface area contributed by atoms with E-state index >= 15 is 0 Å². The fourth-order valence-electron chi connectivity index (χ4n) is 3.80. The van der Waals surface area contributed by atoms with Crippen LogP contribution in [0.25, 0.3) is 11.7 Å². The van der Waals surface area contributed by atoms with Crippen molar-refractivity contribution in [2.75, 3.05) is 38.1 Å². The number of hydrogen-bond donors (Lipinski definition) is 0. The van der Waals surface area contributed by atoms with Crippen molar-refractivity contribution in [1.29, 1.82) is 0 Å². The van der Waals surface area contributed by atoms with E-state index < -0.39 is 0 Å². The smallest absolute Gasteiger partial charge is 0.267 e. The van der Waals surface area contributed by atoms with Crippen molar-refractivity contribution in [2.24, 2.45) is 0 Å². The van der Waals surface area contributed by atoms with Crippen molar-refractivity contribution in [3.05, 3.63) is 69.4 Å². The number of thiocarbonyl (C=S) groups is 1. The van der Waals surface area contributed by atoms with Crippen LogP contribution in [0.3, 0.4) is 0 Å². The SMILES string of the molecule is CN1CCN(c2nc3ccccn3c(=O)c2C=C2SC(=S)N(Cc3ccco3)C2=O)CC1. The maximum atomic E-state index is 13.4. The number of amides is 1. The zero-order valence-corrected chi connectivity index (χ0v) is 19.1. The van der Waals surface area contributed by atoms with Crippen LogP contribution < -0.4 is 10.5 Å². The summed E-state index contributed by atoms with van der Waals surface area (Å²) in [4.78, 5) is 37.6. The van der Waals surface area contributed by atoms with Crippen LogP contribution in [-0.2, 0) is 11.3 Å². The molecule has 0 radical (unpaired) electrons. The quantitative estimate of drug-likeness (QED) is 0.428. The van der Waals surface area contributed by atoms with Crippen molar-refractivity contribution in [2.45, 2.75) is 6.54 Å². The number of thioether (sulfide) groups is 1. The van der Waals surface area contributed by atoms with Crippen molar-refractivity contribution in [1.82, 2.24) is 19.2 Å². The average Bonchev–Trinajstić information content (AvgIpc) is 3.40. The molecule has 8 nitrogen and oxygen atoms in total. The molecule has 0 aromatic carbocycles. The van der Waals surface area contributed by atoms with E-state index in [4.69, 9.17) is 21.6 Å². The third-order valence-electron chi connectivity index (χ3n) is 5.59. The van der Waals surface area contributed by atoms with Crippen molar-refractivity contribution < 1.29 is 9.21 Å². The highest BCUT2D eigenvalue weighted by Gasteiger charge is 2.33. The lowest BCUT2D eigenvalue weighted by molar-refractivity contribution is -0.122. The predicted octanol–water partition coefficient (Wildman–Crippen LogP) is 2.44. The zero-order valence-electron chi connectivity index (χ0n) is 17.4. The summed E-state index contributed by atoms with van der Waals surface area (Å²) in [6, 6.07) is 9.03. The van der Waals surface area contributed by atoms with Crippen LogP contribution in [0.5, 0.6) is 0 Å². The Labute approximate surface area is 194 Å². The number of furan rings is 1. The minimum atomic E-state index is -0.238. The van der Waals surface area contributed by atoms with Gasteiger partial charge < -0.3 is 14.2 Å². The molecule has 2 saturated heterocycles. The van der Waals surface area contributed by atoms with Crippen LogP contribution in [-0.4, -0.2) is 62.6 Å². The molecule has 2 aliphatic heterocycles. The summed E-state index contributed by atoms with van der Waals surface area (Å²) in [5, 5.41) is 0. The molecule has 0 spiro atoms. The Morgan fingerprint density at radius 3 is 2.72 bits per heavy atom. The molecule has 0 bridgehead atoms. The maximum absolute atomic E-state index is 13.4. The number of carbonyl (C=O) groups excluding carboxylic acids is 1. The molecule has 164 valence electrons. The molecule has 5 heterocycles. The summed E-state index contributed by atoms with van der Waals surface area (Å²) in [6.45, 7) is 3.52. The number of carbonyl (C=O) groups is 1. The standard InChI is InChI=1S/C22H21N5O3S2/c1-24-8-10-25(11-9-24)19-16(20(28)26-7-3-2-6-18(26)23-19)13-17-21(29)27(22(31)32-17)14-15-5-4-12-30-15/h2-7,12-13H,8-11,14H2,1H3. The number of aromatic nitrogens is 2. The molecular formula is C22H21N5O3S2. The highest BCUT2D eigenvalue weighted by atomic mass is 32.2. The first-order valence-corrected chi connectivity index (χ1v) is 11.5. The lowest BCUT2D eigenvalue weighted by Gasteiger charge is -2.34. The highest BCUT2D eigenvalue weighted by molar-refractivity contribution is 8.26. The lowest BCUT2D eigenvalue weighted by Crippen LogP contribution is -2.45. The van der Waals surface area contributed by atoms with Gasteiger partial charge in [-0.1, -0.05) is 30.0 Å². The second kappa shape index (κ2) is 8.53. The van der Waals surface area contributed by atoms with Gasteiger partial charge in [0.1, 0.15) is 21.5 Å². The summed E-state index contributed by atoms with van der Waals surface area (Å²) in [7, 11) is 2.07. The van der Waals surface area contributed by atoms with Crippen molar-refractivity contribution >= 4 is 51.7 Å². The van der Waals surface area contributed by atoms with Crippen molar-refractivity contribution in [3.63, 3.8) is 0 Å². The normalized spacial score (nSPS) is 19.0. The van der Waals surface area contributed by atoms with Gasteiger partial charge in [0.25, 0.3) is 11.5 Å². The maximum Gasteiger partial charge on any atom is 0.267 e. The van der Waals surface area contributed by atoms with E-state index in [1.165, 1.54) is 21.1 Å². The Balaban J connectivity index is 1.57. The van der Waals surface area contributed by atoms with Gasteiger partial charge in [-0.15, -0.1) is 0 Å². The summed E-state index contributed by atoms with van der Waals surface area (Å²) in [5.41, 5.74) is 0.770. The van der Waals surface area contributed by atoms with Gasteiger partial charge in [0.05, 0.1) is 23.3 Å². The fraction of sp³-hybridized carbons (Fsp3) is 0.273. The van der Waals surface area contributed by atoms with E-state index in [2.05, 4.69) is 16.8 Å². The topological polar surface area (TPSA) is 74.3 Å². The first-order valence-electron chi connectivity index (χ1n) is 10.2. The van der Waals surface area contributed by atoms with Gasteiger partial charge in [-0.3, -0.25) is 18.9 Å². The van der Waals surface area contributed by atoms with Crippen LogP contribution in [0.2, 0.25) is 0 Å². The molecule has 3 aromatic heterocycles. The molecule has 0 aliphatic carbocycles. The van der Waals surface area contributed by atoms with Gasteiger partial charge in [-0.2, -0.15) is 0 Å². The molecule has 0 saturated carbocycles. The molecule has 5 rings (SSSR count). The lowest BCUT2D eigenvalue weighted by atomic mass is 10.2. The van der Waals surface area contributed by atoms with Gasteiger partial charge in [-0.25, -0.2) is 4.98 Å². The molecule has 0 atom stereocenters. The second-order valence-corrected chi connectivity index (χ2v) is 9.40.